The second-order valence-corrected chi connectivity index (χ2v) is 9.47. The van der Waals surface area contributed by atoms with Crippen LogP contribution in [0.25, 0.3) is 0 Å². The standard InChI is InChI=1S/C17H29NO3Si/c1-13(21-17(2,3)4)15(18-22(5)6)16(19)20-12-14-10-8-7-9-11-14/h7-11,13,15,18,22H,12H2,1-6H3/t13-,15+/m0/s1. The molecule has 0 saturated heterocycles. The summed E-state index contributed by atoms with van der Waals surface area (Å²) in [5.74, 6) is -0.248. The van der Waals surface area contributed by atoms with Crippen LogP contribution in [0.2, 0.25) is 13.1 Å². The van der Waals surface area contributed by atoms with Gasteiger partial charge in [0.05, 0.1) is 11.7 Å². The first-order valence-corrected chi connectivity index (χ1v) is 10.7. The molecule has 124 valence electrons. The number of carbonyl (C=O) groups excluding carboxylic acids is 1. The second kappa shape index (κ2) is 8.46. The third kappa shape index (κ3) is 7.20. The second-order valence-electron chi connectivity index (χ2n) is 6.83. The largest absolute Gasteiger partial charge is 0.460 e. The van der Waals surface area contributed by atoms with E-state index in [9.17, 15) is 4.79 Å². The Morgan fingerprint density at radius 2 is 1.82 bits per heavy atom. The Balaban J connectivity index is 2.67. The highest BCUT2D eigenvalue weighted by Crippen LogP contribution is 2.14. The smallest absolute Gasteiger partial charge is 0.325 e. The number of hydrogen-bond donors (Lipinski definition) is 1. The van der Waals surface area contributed by atoms with Crippen LogP contribution >= 0.6 is 0 Å². The summed E-state index contributed by atoms with van der Waals surface area (Å²) in [5, 5.41) is 0. The summed E-state index contributed by atoms with van der Waals surface area (Å²) in [6, 6.07) is 9.29. The maximum atomic E-state index is 12.4. The van der Waals surface area contributed by atoms with E-state index in [0.29, 0.717) is 6.61 Å². The molecule has 0 aromatic heterocycles. The van der Waals surface area contributed by atoms with Crippen molar-refractivity contribution >= 4 is 14.9 Å². The van der Waals surface area contributed by atoms with E-state index < -0.39 is 15.0 Å². The van der Waals surface area contributed by atoms with Crippen LogP contribution in [0.3, 0.4) is 0 Å². The summed E-state index contributed by atoms with van der Waals surface area (Å²) in [6.07, 6.45) is -0.238. The maximum absolute atomic E-state index is 12.4. The first kappa shape index (κ1) is 18.9. The fourth-order valence-corrected chi connectivity index (χ4v) is 3.32. The van der Waals surface area contributed by atoms with Gasteiger partial charge in [0.15, 0.2) is 0 Å². The Morgan fingerprint density at radius 3 is 2.32 bits per heavy atom. The molecule has 0 aliphatic heterocycles. The molecule has 0 bridgehead atoms. The van der Waals surface area contributed by atoms with Gasteiger partial charge < -0.3 is 14.5 Å². The van der Waals surface area contributed by atoms with Gasteiger partial charge in [-0.05, 0) is 33.3 Å². The molecule has 1 aromatic rings. The van der Waals surface area contributed by atoms with Gasteiger partial charge in [0, 0.05) is 0 Å². The maximum Gasteiger partial charge on any atom is 0.325 e. The van der Waals surface area contributed by atoms with Crippen LogP contribution in [-0.4, -0.2) is 32.7 Å². The molecule has 2 atom stereocenters. The fraction of sp³-hybridized carbons (Fsp3) is 0.588. The molecule has 0 unspecified atom stereocenters. The number of hydrogen-bond acceptors (Lipinski definition) is 4. The molecule has 0 fully saturated rings. The summed E-state index contributed by atoms with van der Waals surface area (Å²) < 4.78 is 11.4. The van der Waals surface area contributed by atoms with E-state index >= 15 is 0 Å². The Bertz CT molecular complexity index is 457. The molecule has 5 heteroatoms. The van der Waals surface area contributed by atoms with Crippen LogP contribution in [0.4, 0.5) is 0 Å². The van der Waals surface area contributed by atoms with Gasteiger partial charge in [0.1, 0.15) is 21.6 Å². The first-order valence-electron chi connectivity index (χ1n) is 7.83. The average molecular weight is 324 g/mol. The van der Waals surface area contributed by atoms with E-state index in [-0.39, 0.29) is 17.7 Å². The number of carbonyl (C=O) groups is 1. The van der Waals surface area contributed by atoms with Crippen LogP contribution in [0, 0.1) is 0 Å². The van der Waals surface area contributed by atoms with Gasteiger partial charge in [-0.25, -0.2) is 0 Å². The van der Waals surface area contributed by atoms with Gasteiger partial charge in [-0.2, -0.15) is 0 Å². The molecule has 0 aliphatic rings. The molecule has 0 spiro atoms. The Labute approximate surface area is 135 Å². The molecular weight excluding hydrogens is 294 g/mol. The van der Waals surface area contributed by atoms with E-state index in [1.54, 1.807) is 0 Å². The summed E-state index contributed by atoms with van der Waals surface area (Å²) in [7, 11) is -1.14. The van der Waals surface area contributed by atoms with E-state index in [1.165, 1.54) is 0 Å². The monoisotopic (exact) mass is 323 g/mol. The molecular formula is C17H29NO3Si. The molecule has 0 aliphatic carbocycles. The van der Waals surface area contributed by atoms with Gasteiger partial charge >= 0.3 is 5.97 Å². The lowest BCUT2D eigenvalue weighted by Crippen LogP contribution is -2.52. The highest BCUT2D eigenvalue weighted by atomic mass is 28.3. The lowest BCUT2D eigenvalue weighted by Gasteiger charge is -2.31. The number of esters is 1. The molecule has 0 heterocycles. The van der Waals surface area contributed by atoms with E-state index in [1.807, 2.05) is 58.0 Å². The normalized spacial score (nSPS) is 14.7. The molecule has 0 amide bonds. The predicted molar refractivity (Wildman–Crippen MR) is 92.3 cm³/mol. The zero-order chi connectivity index (χ0) is 16.8. The molecule has 1 rings (SSSR count). The van der Waals surface area contributed by atoms with Gasteiger partial charge in [0.2, 0.25) is 0 Å². The highest BCUT2D eigenvalue weighted by Gasteiger charge is 2.30. The van der Waals surface area contributed by atoms with Crippen molar-refractivity contribution in [3.05, 3.63) is 35.9 Å². The molecule has 0 radical (unpaired) electrons. The van der Waals surface area contributed by atoms with Gasteiger partial charge in [-0.15, -0.1) is 0 Å². The number of rotatable bonds is 7. The van der Waals surface area contributed by atoms with Gasteiger partial charge in [-0.1, -0.05) is 43.4 Å². The molecule has 1 N–H and O–H groups in total. The van der Waals surface area contributed by atoms with Crippen LogP contribution < -0.4 is 4.98 Å². The minimum Gasteiger partial charge on any atom is -0.460 e. The zero-order valence-corrected chi connectivity index (χ0v) is 15.7. The van der Waals surface area contributed by atoms with Crippen LogP contribution in [0.15, 0.2) is 30.3 Å². The molecule has 4 nitrogen and oxygen atoms in total. The number of ether oxygens (including phenoxy) is 2. The van der Waals surface area contributed by atoms with Gasteiger partial charge in [-0.3, -0.25) is 4.79 Å². The Morgan fingerprint density at radius 1 is 1.23 bits per heavy atom. The molecule has 0 saturated carbocycles. The van der Waals surface area contributed by atoms with E-state index in [0.717, 1.165) is 5.56 Å². The minimum atomic E-state index is -1.14. The fourth-order valence-electron chi connectivity index (χ4n) is 2.20. The van der Waals surface area contributed by atoms with Crippen molar-refractivity contribution in [3.63, 3.8) is 0 Å². The van der Waals surface area contributed by atoms with Crippen molar-refractivity contribution < 1.29 is 14.3 Å². The highest BCUT2D eigenvalue weighted by molar-refractivity contribution is 6.53. The van der Waals surface area contributed by atoms with E-state index in [4.69, 9.17) is 9.47 Å². The quantitative estimate of drug-likeness (QED) is 0.619. The predicted octanol–water partition coefficient (Wildman–Crippen LogP) is 2.88. The average Bonchev–Trinajstić information content (AvgIpc) is 2.41. The lowest BCUT2D eigenvalue weighted by atomic mass is 10.1. The van der Waals surface area contributed by atoms with Gasteiger partial charge in [0.25, 0.3) is 0 Å². The van der Waals surface area contributed by atoms with Crippen LogP contribution in [0.1, 0.15) is 33.3 Å². The third-order valence-corrected chi connectivity index (χ3v) is 4.03. The van der Waals surface area contributed by atoms with Crippen LogP contribution in [-0.2, 0) is 20.9 Å². The van der Waals surface area contributed by atoms with Crippen molar-refractivity contribution in [2.75, 3.05) is 0 Å². The number of nitrogens with one attached hydrogen (secondary N) is 1. The minimum absolute atomic E-state index is 0.238. The lowest BCUT2D eigenvalue weighted by molar-refractivity contribution is -0.154. The number of benzene rings is 1. The molecule has 22 heavy (non-hydrogen) atoms. The summed E-state index contributed by atoms with van der Waals surface area (Å²) >= 11 is 0. The van der Waals surface area contributed by atoms with Crippen molar-refractivity contribution in [3.8, 4) is 0 Å². The summed E-state index contributed by atoms with van der Waals surface area (Å²) in [5.41, 5.74) is 0.693. The van der Waals surface area contributed by atoms with Crippen molar-refractivity contribution in [1.29, 1.82) is 0 Å². The van der Waals surface area contributed by atoms with Crippen LogP contribution in [0.5, 0.6) is 0 Å². The Hall–Kier alpha value is -1.17. The Kier molecular flexibility index (Phi) is 7.26. The van der Waals surface area contributed by atoms with E-state index in [2.05, 4.69) is 18.1 Å². The SMILES string of the molecule is C[C@H](OC(C)(C)C)[C@@H](N[SiH](C)C)C(=O)OCc1ccccc1. The third-order valence-electron chi connectivity index (χ3n) is 3.00. The van der Waals surface area contributed by atoms with Crippen molar-refractivity contribution in [2.24, 2.45) is 0 Å². The first-order chi connectivity index (χ1) is 10.2. The molecule has 1 aromatic carbocycles. The van der Waals surface area contributed by atoms with Crippen molar-refractivity contribution in [1.82, 2.24) is 4.98 Å². The van der Waals surface area contributed by atoms with Crippen molar-refractivity contribution in [2.45, 2.75) is 65.1 Å². The topological polar surface area (TPSA) is 47.6 Å². The summed E-state index contributed by atoms with van der Waals surface area (Å²) in [6.45, 7) is 12.5. The summed E-state index contributed by atoms with van der Waals surface area (Å²) in [4.78, 5) is 15.8. The zero-order valence-electron chi connectivity index (χ0n) is 14.6.